The maximum atomic E-state index is 13.8. The van der Waals surface area contributed by atoms with Crippen LogP contribution < -0.4 is 5.56 Å². The van der Waals surface area contributed by atoms with E-state index in [1.54, 1.807) is 12.1 Å². The van der Waals surface area contributed by atoms with Crippen molar-refractivity contribution in [2.75, 3.05) is 0 Å². The van der Waals surface area contributed by atoms with Crippen LogP contribution in [0.3, 0.4) is 0 Å². The van der Waals surface area contributed by atoms with E-state index >= 15 is 0 Å². The van der Waals surface area contributed by atoms with E-state index in [0.29, 0.717) is 10.1 Å². The number of carboxylic acid groups (broad SMARTS) is 1. The van der Waals surface area contributed by atoms with Crippen LogP contribution in [0.15, 0.2) is 29.3 Å². The molecule has 0 aliphatic rings. The average molecular weight is 278 g/mol. The first-order chi connectivity index (χ1) is 9.08. The molecule has 0 saturated heterocycles. The maximum Gasteiger partial charge on any atom is 0.323 e. The zero-order valence-corrected chi connectivity index (χ0v) is 10.3. The normalized spacial score (nSPS) is 11.2. The minimum absolute atomic E-state index is 0.267. The van der Waals surface area contributed by atoms with E-state index in [1.165, 1.54) is 6.07 Å². The van der Waals surface area contributed by atoms with Crippen LogP contribution in [0.4, 0.5) is 4.39 Å². The zero-order valence-electron chi connectivity index (χ0n) is 9.46. The van der Waals surface area contributed by atoms with Gasteiger partial charge in [-0.3, -0.25) is 14.2 Å². The highest BCUT2D eigenvalue weighted by atomic mass is 32.1. The summed E-state index contributed by atoms with van der Waals surface area (Å²) in [4.78, 5) is 26.7. The number of aliphatic carboxylic acids is 1. The largest absolute Gasteiger partial charge is 0.480 e. The molecule has 0 bridgehead atoms. The van der Waals surface area contributed by atoms with E-state index in [1.807, 2.05) is 0 Å². The number of rotatable bonds is 2. The summed E-state index contributed by atoms with van der Waals surface area (Å²) in [6.07, 6.45) is 1.14. The molecular weight excluding hydrogens is 271 g/mol. The molecule has 0 fully saturated rings. The Balaban J connectivity index is 2.39. The summed E-state index contributed by atoms with van der Waals surface area (Å²) >= 11 is 1.11. The van der Waals surface area contributed by atoms with Gasteiger partial charge in [0.1, 0.15) is 17.1 Å². The Morgan fingerprint density at radius 2 is 2.26 bits per heavy atom. The van der Waals surface area contributed by atoms with Crippen molar-refractivity contribution in [2.45, 2.75) is 6.54 Å². The fourth-order valence-corrected chi connectivity index (χ4v) is 3.05. The lowest BCUT2D eigenvalue weighted by atomic mass is 10.2. The number of nitrogens with zero attached hydrogens (tertiary/aromatic N) is 2. The van der Waals surface area contributed by atoms with E-state index in [9.17, 15) is 14.0 Å². The lowest BCUT2D eigenvalue weighted by Gasteiger charge is -2.00. The summed E-state index contributed by atoms with van der Waals surface area (Å²) in [5, 5.41) is 9.01. The second-order valence-electron chi connectivity index (χ2n) is 3.96. The Hall–Kier alpha value is -2.28. The quantitative estimate of drug-likeness (QED) is 0.776. The Labute approximate surface area is 109 Å². The molecule has 0 saturated carbocycles. The minimum Gasteiger partial charge on any atom is -0.480 e. The van der Waals surface area contributed by atoms with Crippen molar-refractivity contribution in [3.8, 4) is 0 Å². The maximum absolute atomic E-state index is 13.8. The third-order valence-electron chi connectivity index (χ3n) is 2.73. The van der Waals surface area contributed by atoms with Crippen molar-refractivity contribution >= 4 is 37.6 Å². The van der Waals surface area contributed by atoms with Crippen molar-refractivity contribution in [1.29, 1.82) is 0 Å². The standard InChI is InChI=1S/C12H7FN2O3S/c13-6-2-1-3-7-9(6)10-11(19-7)12(18)15(5-14-10)4-8(16)17/h1-3,5H,4H2,(H,16,17). The fourth-order valence-electron chi connectivity index (χ4n) is 1.93. The molecule has 7 heteroatoms. The van der Waals surface area contributed by atoms with E-state index < -0.39 is 23.9 Å². The fraction of sp³-hybridized carbons (Fsp3) is 0.0833. The number of fused-ring (bicyclic) bond motifs is 3. The molecule has 0 unspecified atom stereocenters. The van der Waals surface area contributed by atoms with Crippen molar-refractivity contribution in [3.05, 3.63) is 40.7 Å². The first-order valence-electron chi connectivity index (χ1n) is 5.36. The number of carbonyl (C=O) groups is 1. The van der Waals surface area contributed by atoms with Crippen molar-refractivity contribution < 1.29 is 14.3 Å². The Morgan fingerprint density at radius 1 is 1.47 bits per heavy atom. The topological polar surface area (TPSA) is 72.2 Å². The molecule has 0 radical (unpaired) electrons. The number of thiophene rings is 1. The summed E-state index contributed by atoms with van der Waals surface area (Å²) in [6, 6.07) is 4.56. The van der Waals surface area contributed by atoms with Crippen LogP contribution in [0.5, 0.6) is 0 Å². The van der Waals surface area contributed by atoms with Crippen molar-refractivity contribution in [1.82, 2.24) is 9.55 Å². The highest BCUT2D eigenvalue weighted by Gasteiger charge is 2.15. The molecule has 3 rings (SSSR count). The molecule has 0 spiro atoms. The van der Waals surface area contributed by atoms with Gasteiger partial charge in [-0.1, -0.05) is 6.07 Å². The van der Waals surface area contributed by atoms with Crippen LogP contribution in [0, 0.1) is 5.82 Å². The highest BCUT2D eigenvalue weighted by Crippen LogP contribution is 2.31. The summed E-state index contributed by atoms with van der Waals surface area (Å²) in [5.41, 5.74) is -0.183. The molecule has 2 aromatic heterocycles. The summed E-state index contributed by atoms with van der Waals surface area (Å²) < 4.78 is 15.6. The molecule has 0 aliphatic heterocycles. The number of halogens is 1. The van der Waals surface area contributed by atoms with Crippen LogP contribution in [-0.2, 0) is 11.3 Å². The van der Waals surface area contributed by atoms with Gasteiger partial charge in [-0.05, 0) is 12.1 Å². The van der Waals surface area contributed by atoms with Gasteiger partial charge in [0.05, 0.1) is 17.2 Å². The van der Waals surface area contributed by atoms with E-state index in [4.69, 9.17) is 5.11 Å². The lowest BCUT2D eigenvalue weighted by molar-refractivity contribution is -0.137. The van der Waals surface area contributed by atoms with E-state index in [2.05, 4.69) is 4.98 Å². The predicted octanol–water partition coefficient (Wildman–Crippen LogP) is 1.83. The van der Waals surface area contributed by atoms with Gasteiger partial charge in [0.15, 0.2) is 0 Å². The Kier molecular flexibility index (Phi) is 2.56. The molecule has 1 N–H and O–H groups in total. The van der Waals surface area contributed by atoms with Gasteiger partial charge in [0, 0.05) is 4.70 Å². The third-order valence-corrected chi connectivity index (χ3v) is 3.86. The van der Waals surface area contributed by atoms with Crippen molar-refractivity contribution in [3.63, 3.8) is 0 Å². The molecule has 0 amide bonds. The summed E-state index contributed by atoms with van der Waals surface area (Å²) in [5.74, 6) is -1.57. The van der Waals surface area contributed by atoms with Gasteiger partial charge in [-0.25, -0.2) is 9.37 Å². The number of carboxylic acids is 1. The highest BCUT2D eigenvalue weighted by molar-refractivity contribution is 7.25. The number of benzene rings is 1. The number of aromatic nitrogens is 2. The molecule has 5 nitrogen and oxygen atoms in total. The van der Waals surface area contributed by atoms with Gasteiger partial charge < -0.3 is 5.11 Å². The van der Waals surface area contributed by atoms with Gasteiger partial charge in [-0.2, -0.15) is 0 Å². The molecule has 0 atom stereocenters. The molecule has 3 aromatic rings. The molecule has 96 valence electrons. The van der Waals surface area contributed by atoms with Crippen LogP contribution in [-0.4, -0.2) is 20.6 Å². The second-order valence-corrected chi connectivity index (χ2v) is 5.02. The average Bonchev–Trinajstić information content (AvgIpc) is 2.73. The molecular formula is C12H7FN2O3S. The zero-order chi connectivity index (χ0) is 13.6. The van der Waals surface area contributed by atoms with Gasteiger partial charge >= 0.3 is 5.97 Å². The summed E-state index contributed by atoms with van der Waals surface area (Å²) in [7, 11) is 0. The Bertz CT molecular complexity index is 868. The van der Waals surface area contributed by atoms with Gasteiger partial charge in [0.2, 0.25) is 0 Å². The molecule has 0 aliphatic carbocycles. The first-order valence-corrected chi connectivity index (χ1v) is 6.17. The van der Waals surface area contributed by atoms with Gasteiger partial charge in [-0.15, -0.1) is 11.3 Å². The second kappa shape index (κ2) is 4.13. The third kappa shape index (κ3) is 1.78. The number of hydrogen-bond acceptors (Lipinski definition) is 4. The van der Waals surface area contributed by atoms with Crippen LogP contribution in [0.25, 0.3) is 20.3 Å². The Morgan fingerprint density at radius 3 is 3.00 bits per heavy atom. The monoisotopic (exact) mass is 278 g/mol. The lowest BCUT2D eigenvalue weighted by Crippen LogP contribution is -2.23. The predicted molar refractivity (Wildman–Crippen MR) is 69.0 cm³/mol. The summed E-state index contributed by atoms with van der Waals surface area (Å²) in [6.45, 7) is -0.460. The van der Waals surface area contributed by atoms with Gasteiger partial charge in [0.25, 0.3) is 5.56 Å². The van der Waals surface area contributed by atoms with E-state index in [0.717, 1.165) is 22.2 Å². The minimum atomic E-state index is -1.13. The molecule has 19 heavy (non-hydrogen) atoms. The smallest absolute Gasteiger partial charge is 0.323 e. The number of hydrogen-bond donors (Lipinski definition) is 1. The van der Waals surface area contributed by atoms with Crippen LogP contribution in [0.1, 0.15) is 0 Å². The molecule has 2 heterocycles. The van der Waals surface area contributed by atoms with Crippen molar-refractivity contribution in [2.24, 2.45) is 0 Å². The molecule has 1 aromatic carbocycles. The van der Waals surface area contributed by atoms with E-state index in [-0.39, 0.29) is 10.2 Å². The SMILES string of the molecule is O=C(O)Cn1cnc2c(sc3cccc(F)c32)c1=O. The first kappa shape index (κ1) is 11.8. The van der Waals surface area contributed by atoms with Crippen LogP contribution in [0.2, 0.25) is 0 Å². The van der Waals surface area contributed by atoms with Crippen LogP contribution >= 0.6 is 11.3 Å².